The van der Waals surface area contributed by atoms with Crippen molar-refractivity contribution in [3.63, 3.8) is 0 Å². The Hall–Kier alpha value is -2.55. The van der Waals surface area contributed by atoms with Crippen molar-refractivity contribution < 1.29 is 64.9 Å². The zero-order valence-corrected chi connectivity index (χ0v) is 22.6. The minimum absolute atomic E-state index is 0. The van der Waals surface area contributed by atoms with Crippen LogP contribution in [0.1, 0.15) is 25.7 Å². The number of carbonyl (C=O) groups excluding carboxylic acids is 3. The number of hydrogen-bond donors (Lipinski definition) is 3. The molecule has 0 spiro atoms. The van der Waals surface area contributed by atoms with Gasteiger partial charge in [0, 0.05) is 5.38 Å². The van der Waals surface area contributed by atoms with E-state index in [-0.39, 0.29) is 59.9 Å². The molecule has 15 heteroatoms. The number of β-lactam (4-membered cyclic amide) rings is 1. The number of anilines is 1. The minimum Gasteiger partial charge on any atom is -1.00 e. The monoisotopic (exact) mass is 533 g/mol. The summed E-state index contributed by atoms with van der Waals surface area (Å²) in [6.07, 6.45) is -1.40. The number of thiazole rings is 1. The Labute approximate surface area is 232 Å². The summed E-state index contributed by atoms with van der Waals surface area (Å²) in [5, 5.41) is 20.7. The number of carboxylic acids is 1. The Bertz CT molecular complexity index is 1140. The molecule has 0 radical (unpaired) electrons. The van der Waals surface area contributed by atoms with Crippen LogP contribution in [-0.2, 0) is 28.9 Å². The molecular formula is C20H21ClN5NaO7S. The molecule has 0 bridgehead atoms. The summed E-state index contributed by atoms with van der Waals surface area (Å²) in [5.41, 5.74) is -1.15. The van der Waals surface area contributed by atoms with Crippen molar-refractivity contribution in [2.24, 2.45) is 5.16 Å². The fourth-order valence-electron chi connectivity index (χ4n) is 2.99. The third-order valence-electron chi connectivity index (χ3n) is 4.62. The number of halogens is 1. The van der Waals surface area contributed by atoms with Gasteiger partial charge in [0.15, 0.2) is 10.8 Å². The second kappa shape index (κ2) is 12.4. The van der Waals surface area contributed by atoms with Crippen LogP contribution >= 0.6 is 22.9 Å². The average Bonchev–Trinajstić information content (AvgIpc) is 3.27. The number of rotatable bonds is 10. The van der Waals surface area contributed by atoms with Gasteiger partial charge in [-0.2, -0.15) is 0 Å². The SMILES string of the molecule is CON=C(C(=O)N[C@@]1(C)CN(OC(C(=O)O)c2ccccc2)C1=O)c1csc(NC(=O)CCl)n1.[H-].[Na+]. The molecule has 3 N–H and O–H groups in total. The first kappa shape index (κ1) is 28.7. The van der Waals surface area contributed by atoms with Gasteiger partial charge in [0.25, 0.3) is 11.8 Å². The van der Waals surface area contributed by atoms with Crippen molar-refractivity contribution in [1.29, 1.82) is 0 Å². The number of carbonyl (C=O) groups is 4. The van der Waals surface area contributed by atoms with Crippen molar-refractivity contribution in [2.45, 2.75) is 18.6 Å². The third kappa shape index (κ3) is 6.78. The first-order valence-corrected chi connectivity index (χ1v) is 11.1. The van der Waals surface area contributed by atoms with Gasteiger partial charge in [0.05, 0.1) is 6.54 Å². The molecule has 2 heterocycles. The predicted molar refractivity (Wildman–Crippen MR) is 122 cm³/mol. The number of hydrogen-bond acceptors (Lipinski definition) is 9. The molecule has 1 unspecified atom stereocenters. The maximum atomic E-state index is 12.9. The molecule has 1 aliphatic rings. The van der Waals surface area contributed by atoms with E-state index in [0.29, 0.717) is 5.56 Å². The van der Waals surface area contributed by atoms with Crippen molar-refractivity contribution in [2.75, 3.05) is 24.9 Å². The van der Waals surface area contributed by atoms with Crippen LogP contribution in [0.25, 0.3) is 0 Å². The van der Waals surface area contributed by atoms with E-state index in [9.17, 15) is 24.3 Å². The number of amides is 3. The number of alkyl halides is 1. The average molecular weight is 534 g/mol. The fraction of sp³-hybridized carbons (Fsp3) is 0.300. The third-order valence-corrected chi connectivity index (χ3v) is 5.62. The van der Waals surface area contributed by atoms with Gasteiger partial charge in [0.1, 0.15) is 24.2 Å². The summed E-state index contributed by atoms with van der Waals surface area (Å²) < 4.78 is 0. The van der Waals surface area contributed by atoms with Gasteiger partial charge in [0.2, 0.25) is 12.0 Å². The Morgan fingerprint density at radius 2 is 2.06 bits per heavy atom. The summed E-state index contributed by atoms with van der Waals surface area (Å²) in [5.74, 6) is -3.42. The van der Waals surface area contributed by atoms with Gasteiger partial charge >= 0.3 is 35.5 Å². The molecule has 1 saturated heterocycles. The Morgan fingerprint density at radius 3 is 2.63 bits per heavy atom. The van der Waals surface area contributed by atoms with Crippen molar-refractivity contribution >= 4 is 57.5 Å². The van der Waals surface area contributed by atoms with Crippen LogP contribution in [0.5, 0.6) is 0 Å². The van der Waals surface area contributed by atoms with Crippen LogP contribution in [0.2, 0.25) is 0 Å². The summed E-state index contributed by atoms with van der Waals surface area (Å²) in [6.45, 7) is 1.35. The predicted octanol–water partition coefficient (Wildman–Crippen LogP) is -1.74. The first-order chi connectivity index (χ1) is 16.2. The second-order valence-electron chi connectivity index (χ2n) is 7.20. The van der Waals surface area contributed by atoms with Crippen LogP contribution in [0.15, 0.2) is 40.9 Å². The van der Waals surface area contributed by atoms with E-state index in [4.69, 9.17) is 21.3 Å². The quantitative estimate of drug-likeness (QED) is 0.107. The molecule has 0 saturated carbocycles. The summed E-state index contributed by atoms with van der Waals surface area (Å²) in [6, 6.07) is 8.15. The van der Waals surface area contributed by atoms with E-state index in [1.54, 1.807) is 30.3 Å². The van der Waals surface area contributed by atoms with E-state index < -0.39 is 35.3 Å². The summed E-state index contributed by atoms with van der Waals surface area (Å²) in [4.78, 5) is 62.9. The molecule has 1 aromatic carbocycles. The number of nitrogens with one attached hydrogen (secondary N) is 2. The molecule has 2 aromatic rings. The van der Waals surface area contributed by atoms with E-state index in [0.717, 1.165) is 16.4 Å². The number of aromatic nitrogens is 1. The van der Waals surface area contributed by atoms with E-state index in [1.165, 1.54) is 19.4 Å². The van der Waals surface area contributed by atoms with Gasteiger partial charge in [-0.15, -0.1) is 22.9 Å². The molecule has 0 aliphatic carbocycles. The fourth-order valence-corrected chi connectivity index (χ4v) is 3.77. The number of oxime groups is 1. The smallest absolute Gasteiger partial charge is 1.00 e. The van der Waals surface area contributed by atoms with Crippen molar-refractivity contribution in [3.05, 3.63) is 47.0 Å². The summed E-state index contributed by atoms with van der Waals surface area (Å²) >= 11 is 6.50. The minimum atomic E-state index is -1.40. The molecule has 1 aromatic heterocycles. The first-order valence-electron chi connectivity index (χ1n) is 9.70. The van der Waals surface area contributed by atoms with E-state index in [1.807, 2.05) is 0 Å². The zero-order valence-electron chi connectivity index (χ0n) is 20.0. The second-order valence-corrected chi connectivity index (χ2v) is 8.33. The Kier molecular flexibility index (Phi) is 10.2. The number of carboxylic acid groups (broad SMARTS) is 1. The molecule has 35 heavy (non-hydrogen) atoms. The molecule has 1 fully saturated rings. The van der Waals surface area contributed by atoms with Crippen LogP contribution in [-0.4, -0.2) is 69.6 Å². The number of hydroxylamine groups is 2. The molecule has 182 valence electrons. The Morgan fingerprint density at radius 1 is 1.37 bits per heavy atom. The topological polar surface area (TPSA) is 160 Å². The molecule has 3 rings (SSSR count). The largest absolute Gasteiger partial charge is 1.00 e. The van der Waals surface area contributed by atoms with Gasteiger partial charge in [-0.05, 0) is 12.5 Å². The number of nitrogens with zero attached hydrogens (tertiary/aromatic N) is 3. The van der Waals surface area contributed by atoms with E-state index >= 15 is 0 Å². The van der Waals surface area contributed by atoms with E-state index in [2.05, 4.69) is 20.8 Å². The van der Waals surface area contributed by atoms with Crippen LogP contribution in [0.3, 0.4) is 0 Å². The Balaban J connectivity index is 0.00000324. The van der Waals surface area contributed by atoms with Crippen LogP contribution < -0.4 is 40.2 Å². The number of benzene rings is 1. The van der Waals surface area contributed by atoms with Gasteiger partial charge in [-0.25, -0.2) is 14.8 Å². The maximum absolute atomic E-state index is 12.9. The zero-order chi connectivity index (χ0) is 24.9. The van der Waals surface area contributed by atoms with Gasteiger partial charge < -0.3 is 22.0 Å². The van der Waals surface area contributed by atoms with Gasteiger partial charge in [-0.3, -0.25) is 19.2 Å². The molecule has 1 aliphatic heterocycles. The summed E-state index contributed by atoms with van der Waals surface area (Å²) in [7, 11) is 1.23. The normalized spacial score (nSPS) is 18.1. The molecule has 2 atom stereocenters. The van der Waals surface area contributed by atoms with Crippen LogP contribution in [0, 0.1) is 0 Å². The van der Waals surface area contributed by atoms with Gasteiger partial charge in [-0.1, -0.05) is 35.5 Å². The standard InChI is InChI=1S/C20H20ClN5O7S.Na.H/c1-20(10-26(18(20)31)33-15(17(29)30)11-6-4-3-5-7-11)24-16(28)14(25-32-2)12-9-34-19(22-12)23-13(27)8-21;;/h3-7,9,15H,8,10H2,1-2H3,(H,24,28)(H,29,30)(H,22,23,27);;/q;+1;-1/t15?,20-;;/m0../s1. The maximum Gasteiger partial charge on any atom is 1.00 e. The molecule has 12 nitrogen and oxygen atoms in total. The van der Waals surface area contributed by atoms with Crippen LogP contribution in [0.4, 0.5) is 5.13 Å². The molecular weight excluding hydrogens is 513 g/mol. The number of aliphatic carboxylic acids is 1. The van der Waals surface area contributed by atoms with Crippen molar-refractivity contribution in [1.82, 2.24) is 15.4 Å². The van der Waals surface area contributed by atoms with Crippen molar-refractivity contribution in [3.8, 4) is 0 Å². The molecule has 3 amide bonds.